The molecule has 3 saturated carbocycles. The first-order valence-corrected chi connectivity index (χ1v) is 7.92. The molecule has 0 aromatic heterocycles. The predicted octanol–water partition coefficient (Wildman–Crippen LogP) is 3.81. The van der Waals surface area contributed by atoms with Crippen molar-refractivity contribution in [2.75, 3.05) is 6.61 Å². The third kappa shape index (κ3) is 2.23. The van der Waals surface area contributed by atoms with E-state index < -0.39 is 0 Å². The lowest BCUT2D eigenvalue weighted by Gasteiger charge is -2.30. The Morgan fingerprint density at radius 2 is 1.89 bits per heavy atom. The van der Waals surface area contributed by atoms with Crippen LogP contribution in [0.25, 0.3) is 0 Å². The summed E-state index contributed by atoms with van der Waals surface area (Å²) in [6, 6.07) is 0. The van der Waals surface area contributed by atoms with E-state index >= 15 is 0 Å². The molecule has 2 bridgehead atoms. The molecule has 2 heteroatoms. The maximum absolute atomic E-state index is 11.5. The minimum absolute atomic E-state index is 0.216. The topological polar surface area (TPSA) is 26.3 Å². The average Bonchev–Trinajstić information content (AvgIpc) is 3.05. The fourth-order valence-corrected chi connectivity index (χ4v) is 5.25. The number of rotatable bonds is 4. The minimum Gasteiger partial charge on any atom is -0.462 e. The maximum atomic E-state index is 11.5. The van der Waals surface area contributed by atoms with Crippen LogP contribution in [0.4, 0.5) is 0 Å². The van der Waals surface area contributed by atoms with Crippen LogP contribution < -0.4 is 0 Å². The quantitative estimate of drug-likeness (QED) is 0.569. The van der Waals surface area contributed by atoms with Crippen LogP contribution in [0.5, 0.6) is 0 Å². The number of carbonyl (C=O) groups is 1. The number of carbonyl (C=O) groups excluding carboxylic acids is 1. The van der Waals surface area contributed by atoms with Crippen LogP contribution in [0, 0.1) is 35.5 Å². The summed E-state index contributed by atoms with van der Waals surface area (Å²) >= 11 is 0. The minimum atomic E-state index is -0.216. The second-order valence-corrected chi connectivity index (χ2v) is 7.11. The standard InChI is InChI=1S/C17H26O2/c1-4-12-7-13-8-15(12)16-6-11(5-14(13)16)9-19-17(18)10(2)3/h11-16H,2,4-9H2,1,3H3. The van der Waals surface area contributed by atoms with Crippen LogP contribution in [0.1, 0.15) is 46.0 Å². The van der Waals surface area contributed by atoms with Crippen molar-refractivity contribution < 1.29 is 9.53 Å². The van der Waals surface area contributed by atoms with E-state index in [4.69, 9.17) is 4.74 Å². The molecule has 0 N–H and O–H groups in total. The molecule has 3 rings (SSSR count). The number of hydrogen-bond acceptors (Lipinski definition) is 2. The molecule has 0 radical (unpaired) electrons. The summed E-state index contributed by atoms with van der Waals surface area (Å²) in [5, 5.41) is 0. The van der Waals surface area contributed by atoms with Gasteiger partial charge >= 0.3 is 5.97 Å². The van der Waals surface area contributed by atoms with Crippen molar-refractivity contribution in [3.63, 3.8) is 0 Å². The Balaban J connectivity index is 1.54. The lowest BCUT2D eigenvalue weighted by Crippen LogP contribution is -2.23. The molecule has 0 spiro atoms. The van der Waals surface area contributed by atoms with Crippen molar-refractivity contribution >= 4 is 5.97 Å². The molecular formula is C17H26O2. The van der Waals surface area contributed by atoms with Crippen LogP contribution in [0.2, 0.25) is 0 Å². The number of fused-ring (bicyclic) bond motifs is 5. The molecule has 0 aromatic carbocycles. The van der Waals surface area contributed by atoms with Gasteiger partial charge in [-0.15, -0.1) is 0 Å². The fraction of sp³-hybridized carbons (Fsp3) is 0.824. The molecule has 3 aliphatic rings. The van der Waals surface area contributed by atoms with Gasteiger partial charge in [0.2, 0.25) is 0 Å². The van der Waals surface area contributed by atoms with Crippen molar-refractivity contribution in [1.29, 1.82) is 0 Å². The lowest BCUT2D eigenvalue weighted by molar-refractivity contribution is -0.140. The number of esters is 1. The van der Waals surface area contributed by atoms with Gasteiger partial charge in [-0.2, -0.15) is 0 Å². The van der Waals surface area contributed by atoms with E-state index in [9.17, 15) is 4.79 Å². The summed E-state index contributed by atoms with van der Waals surface area (Å²) in [5.74, 6) is 5.25. The molecule has 6 atom stereocenters. The molecule has 0 amide bonds. The van der Waals surface area contributed by atoms with Gasteiger partial charge in [-0.1, -0.05) is 19.9 Å². The molecule has 19 heavy (non-hydrogen) atoms. The highest BCUT2D eigenvalue weighted by Gasteiger charge is 2.55. The van der Waals surface area contributed by atoms with Gasteiger partial charge in [0.15, 0.2) is 0 Å². The predicted molar refractivity (Wildman–Crippen MR) is 75.5 cm³/mol. The molecule has 0 saturated heterocycles. The van der Waals surface area contributed by atoms with E-state index in [-0.39, 0.29) is 5.97 Å². The van der Waals surface area contributed by atoms with Crippen molar-refractivity contribution in [3.8, 4) is 0 Å². The van der Waals surface area contributed by atoms with E-state index in [0.717, 1.165) is 29.6 Å². The normalized spacial score (nSPS) is 43.3. The van der Waals surface area contributed by atoms with Gasteiger partial charge in [0.1, 0.15) is 0 Å². The SMILES string of the molecule is C=C(C)C(=O)OCC1CC2C3CC(CC)C(C3)C2C1. The Kier molecular flexibility index (Phi) is 3.44. The van der Waals surface area contributed by atoms with E-state index in [1.54, 1.807) is 6.92 Å². The van der Waals surface area contributed by atoms with Gasteiger partial charge in [-0.25, -0.2) is 4.79 Å². The fourth-order valence-electron chi connectivity index (χ4n) is 5.25. The molecule has 0 heterocycles. The van der Waals surface area contributed by atoms with E-state index in [0.29, 0.717) is 18.1 Å². The van der Waals surface area contributed by atoms with E-state index in [1.807, 2.05) is 0 Å². The number of hydrogen-bond donors (Lipinski definition) is 0. The summed E-state index contributed by atoms with van der Waals surface area (Å²) in [6.45, 7) is 8.33. The van der Waals surface area contributed by atoms with Gasteiger partial charge in [0.25, 0.3) is 0 Å². The molecule has 2 nitrogen and oxygen atoms in total. The van der Waals surface area contributed by atoms with Crippen molar-refractivity contribution in [2.45, 2.75) is 46.0 Å². The van der Waals surface area contributed by atoms with E-state index in [1.165, 1.54) is 32.1 Å². The third-order valence-electron chi connectivity index (χ3n) is 6.03. The maximum Gasteiger partial charge on any atom is 0.333 e. The van der Waals surface area contributed by atoms with Crippen LogP contribution in [0.3, 0.4) is 0 Å². The zero-order valence-electron chi connectivity index (χ0n) is 12.2. The summed E-state index contributed by atoms with van der Waals surface area (Å²) < 4.78 is 5.36. The first kappa shape index (κ1) is 13.2. The van der Waals surface area contributed by atoms with Crippen molar-refractivity contribution in [1.82, 2.24) is 0 Å². The average molecular weight is 262 g/mol. The van der Waals surface area contributed by atoms with Crippen molar-refractivity contribution in [3.05, 3.63) is 12.2 Å². The first-order valence-electron chi connectivity index (χ1n) is 7.92. The van der Waals surface area contributed by atoms with Crippen LogP contribution in [0.15, 0.2) is 12.2 Å². The van der Waals surface area contributed by atoms with E-state index in [2.05, 4.69) is 13.5 Å². The Morgan fingerprint density at radius 1 is 1.16 bits per heavy atom. The highest BCUT2D eigenvalue weighted by molar-refractivity contribution is 5.86. The van der Waals surface area contributed by atoms with Gasteiger partial charge in [0.05, 0.1) is 6.61 Å². The van der Waals surface area contributed by atoms with Gasteiger partial charge in [-0.05, 0) is 68.1 Å². The van der Waals surface area contributed by atoms with Gasteiger partial charge in [0, 0.05) is 5.57 Å². The van der Waals surface area contributed by atoms with Gasteiger partial charge < -0.3 is 4.74 Å². The molecule has 0 aromatic rings. The van der Waals surface area contributed by atoms with Crippen LogP contribution in [-0.4, -0.2) is 12.6 Å². The Morgan fingerprint density at radius 3 is 2.58 bits per heavy atom. The van der Waals surface area contributed by atoms with Crippen LogP contribution >= 0.6 is 0 Å². The lowest BCUT2D eigenvalue weighted by atomic mass is 9.75. The zero-order valence-corrected chi connectivity index (χ0v) is 12.2. The third-order valence-corrected chi connectivity index (χ3v) is 6.03. The second-order valence-electron chi connectivity index (χ2n) is 7.11. The summed E-state index contributed by atoms with van der Waals surface area (Å²) in [4.78, 5) is 11.5. The summed E-state index contributed by atoms with van der Waals surface area (Å²) in [7, 11) is 0. The molecule has 0 aliphatic heterocycles. The Hall–Kier alpha value is -0.790. The zero-order chi connectivity index (χ0) is 13.6. The summed E-state index contributed by atoms with van der Waals surface area (Å²) in [6.07, 6.45) is 6.92. The van der Waals surface area contributed by atoms with Gasteiger partial charge in [-0.3, -0.25) is 0 Å². The Labute approximate surface area is 116 Å². The molecule has 106 valence electrons. The highest BCUT2D eigenvalue weighted by Crippen LogP contribution is 2.62. The highest BCUT2D eigenvalue weighted by atomic mass is 16.5. The monoisotopic (exact) mass is 262 g/mol. The summed E-state index contributed by atoms with van der Waals surface area (Å²) in [5.41, 5.74) is 0.518. The Bertz CT molecular complexity index is 385. The number of ether oxygens (including phenoxy) is 1. The molecule has 6 unspecified atom stereocenters. The largest absolute Gasteiger partial charge is 0.462 e. The second kappa shape index (κ2) is 4.96. The van der Waals surface area contributed by atoms with Crippen LogP contribution in [-0.2, 0) is 9.53 Å². The molecule has 3 aliphatic carbocycles. The molecular weight excluding hydrogens is 236 g/mol. The molecule has 3 fully saturated rings. The van der Waals surface area contributed by atoms with Crippen molar-refractivity contribution in [2.24, 2.45) is 35.5 Å². The smallest absolute Gasteiger partial charge is 0.333 e. The first-order chi connectivity index (χ1) is 9.10.